The summed E-state index contributed by atoms with van der Waals surface area (Å²) in [6.45, 7) is 0. The summed E-state index contributed by atoms with van der Waals surface area (Å²) >= 11 is 0. The molecule has 0 spiro atoms. The van der Waals surface area contributed by atoms with Gasteiger partial charge >= 0.3 is 0 Å². The van der Waals surface area contributed by atoms with Gasteiger partial charge in [-0.1, -0.05) is 0 Å². The summed E-state index contributed by atoms with van der Waals surface area (Å²) in [5.74, 6) is 0.525. The third-order valence-corrected chi connectivity index (χ3v) is 1.08. The smallest absolute Gasteiger partial charge is 0.123 e. The van der Waals surface area contributed by atoms with Crippen LogP contribution in [0.15, 0.2) is 23.3 Å². The van der Waals surface area contributed by atoms with Gasteiger partial charge in [-0.15, -0.1) is 0 Å². The molecule has 3 nitrogen and oxygen atoms in total. The van der Waals surface area contributed by atoms with Gasteiger partial charge in [-0.3, -0.25) is 4.99 Å². The molecule has 1 heterocycles. The number of nitrogen functional groups attached to an aromatic ring is 1. The zero-order valence-corrected chi connectivity index (χ0v) is 5.78. The first-order chi connectivity index (χ1) is 4.83. The van der Waals surface area contributed by atoms with Crippen LogP contribution in [0.4, 0.5) is 5.82 Å². The maximum atomic E-state index is 5.42. The highest BCUT2D eigenvalue weighted by Crippen LogP contribution is 1.98. The van der Waals surface area contributed by atoms with Crippen molar-refractivity contribution in [3.05, 3.63) is 23.9 Å². The number of hydrogen-bond donors (Lipinski definition) is 1. The molecule has 0 unspecified atom stereocenters. The lowest BCUT2D eigenvalue weighted by Gasteiger charge is -1.91. The van der Waals surface area contributed by atoms with E-state index >= 15 is 0 Å². The van der Waals surface area contributed by atoms with E-state index in [0.29, 0.717) is 5.82 Å². The quantitative estimate of drug-likeness (QED) is 0.576. The van der Waals surface area contributed by atoms with Crippen molar-refractivity contribution in [3.8, 4) is 0 Å². The molecular formula is C7H9N3. The fraction of sp³-hybridized carbons (Fsp3) is 0.143. The Balaban J connectivity index is 2.95. The van der Waals surface area contributed by atoms with Crippen molar-refractivity contribution >= 4 is 12.0 Å². The van der Waals surface area contributed by atoms with Gasteiger partial charge in [0, 0.05) is 19.5 Å². The summed E-state index contributed by atoms with van der Waals surface area (Å²) < 4.78 is 0. The van der Waals surface area contributed by atoms with Crippen molar-refractivity contribution in [2.24, 2.45) is 4.99 Å². The molecule has 2 N–H and O–H groups in total. The molecule has 0 atom stereocenters. The van der Waals surface area contributed by atoms with E-state index in [-0.39, 0.29) is 0 Å². The zero-order chi connectivity index (χ0) is 7.40. The molecular weight excluding hydrogens is 126 g/mol. The topological polar surface area (TPSA) is 51.3 Å². The van der Waals surface area contributed by atoms with Crippen molar-refractivity contribution < 1.29 is 0 Å². The summed E-state index contributed by atoms with van der Waals surface area (Å²) in [6, 6.07) is 3.62. The van der Waals surface area contributed by atoms with Gasteiger partial charge < -0.3 is 5.73 Å². The number of pyridine rings is 1. The molecule has 3 heteroatoms. The molecule has 10 heavy (non-hydrogen) atoms. The summed E-state index contributed by atoms with van der Waals surface area (Å²) in [5.41, 5.74) is 6.40. The minimum absolute atomic E-state index is 0.525. The van der Waals surface area contributed by atoms with Gasteiger partial charge in [-0.25, -0.2) is 4.98 Å². The standard InChI is InChI=1S/C7H9N3/c1-9-5-6-2-3-10-7(8)4-6/h2-5H,1H3,(H2,8,10)/b9-5+. The number of hydrogen-bond acceptors (Lipinski definition) is 3. The fourth-order valence-corrected chi connectivity index (χ4v) is 0.695. The fourth-order valence-electron chi connectivity index (χ4n) is 0.695. The number of nitrogens with zero attached hydrogens (tertiary/aromatic N) is 2. The Hall–Kier alpha value is -1.38. The van der Waals surface area contributed by atoms with E-state index < -0.39 is 0 Å². The Kier molecular flexibility index (Phi) is 1.99. The van der Waals surface area contributed by atoms with E-state index in [1.807, 2.05) is 6.07 Å². The van der Waals surface area contributed by atoms with Crippen molar-refractivity contribution in [3.63, 3.8) is 0 Å². The van der Waals surface area contributed by atoms with Crippen LogP contribution in [0, 0.1) is 0 Å². The van der Waals surface area contributed by atoms with E-state index in [4.69, 9.17) is 5.73 Å². The van der Waals surface area contributed by atoms with Gasteiger partial charge in [-0.05, 0) is 17.7 Å². The molecule has 0 radical (unpaired) electrons. The van der Waals surface area contributed by atoms with E-state index in [2.05, 4.69) is 9.98 Å². The first-order valence-electron chi connectivity index (χ1n) is 2.96. The minimum atomic E-state index is 0.525. The summed E-state index contributed by atoms with van der Waals surface area (Å²) in [5, 5.41) is 0. The Morgan fingerprint density at radius 2 is 2.50 bits per heavy atom. The lowest BCUT2D eigenvalue weighted by molar-refractivity contribution is 1.33. The van der Waals surface area contributed by atoms with Crippen LogP contribution in [0.3, 0.4) is 0 Å². The first-order valence-corrected chi connectivity index (χ1v) is 2.96. The van der Waals surface area contributed by atoms with Crippen molar-refractivity contribution in [1.29, 1.82) is 0 Å². The molecule has 1 rings (SSSR count). The largest absolute Gasteiger partial charge is 0.384 e. The zero-order valence-electron chi connectivity index (χ0n) is 5.78. The second kappa shape index (κ2) is 2.96. The molecule has 0 bridgehead atoms. The van der Waals surface area contributed by atoms with E-state index in [9.17, 15) is 0 Å². The average Bonchev–Trinajstić information content (AvgIpc) is 1.88. The molecule has 0 amide bonds. The van der Waals surface area contributed by atoms with Gasteiger partial charge in [0.25, 0.3) is 0 Å². The highest BCUT2D eigenvalue weighted by molar-refractivity contribution is 5.80. The Morgan fingerprint density at radius 3 is 3.10 bits per heavy atom. The normalized spacial score (nSPS) is 10.5. The maximum Gasteiger partial charge on any atom is 0.123 e. The average molecular weight is 135 g/mol. The van der Waals surface area contributed by atoms with E-state index in [0.717, 1.165) is 5.56 Å². The predicted octanol–water partition coefficient (Wildman–Crippen LogP) is 0.713. The van der Waals surface area contributed by atoms with Gasteiger partial charge in [0.2, 0.25) is 0 Å². The number of anilines is 1. The van der Waals surface area contributed by atoms with Crippen LogP contribution in [0.2, 0.25) is 0 Å². The van der Waals surface area contributed by atoms with Crippen LogP contribution >= 0.6 is 0 Å². The third-order valence-electron chi connectivity index (χ3n) is 1.08. The van der Waals surface area contributed by atoms with Gasteiger partial charge in [-0.2, -0.15) is 0 Å². The summed E-state index contributed by atoms with van der Waals surface area (Å²) in [7, 11) is 1.72. The van der Waals surface area contributed by atoms with Gasteiger partial charge in [0.05, 0.1) is 0 Å². The maximum absolute atomic E-state index is 5.42. The van der Waals surface area contributed by atoms with Crippen LogP contribution in [-0.2, 0) is 0 Å². The summed E-state index contributed by atoms with van der Waals surface area (Å²) in [4.78, 5) is 7.68. The molecule has 0 aromatic carbocycles. The Bertz CT molecular complexity index is 242. The van der Waals surface area contributed by atoms with Crippen molar-refractivity contribution in [2.45, 2.75) is 0 Å². The van der Waals surface area contributed by atoms with E-state index in [1.165, 1.54) is 0 Å². The monoisotopic (exact) mass is 135 g/mol. The molecule has 0 aliphatic carbocycles. The van der Waals surface area contributed by atoms with Crippen molar-refractivity contribution in [1.82, 2.24) is 4.98 Å². The highest BCUT2D eigenvalue weighted by atomic mass is 14.8. The number of nitrogens with two attached hydrogens (primary N) is 1. The van der Waals surface area contributed by atoms with E-state index in [1.54, 1.807) is 25.5 Å². The number of aliphatic imine (C=N–C) groups is 1. The van der Waals surface area contributed by atoms with Crippen LogP contribution in [0.25, 0.3) is 0 Å². The molecule has 52 valence electrons. The second-order valence-corrected chi connectivity index (χ2v) is 1.90. The third kappa shape index (κ3) is 1.55. The lowest BCUT2D eigenvalue weighted by Crippen LogP contribution is -1.90. The lowest BCUT2D eigenvalue weighted by atomic mass is 10.3. The second-order valence-electron chi connectivity index (χ2n) is 1.90. The Morgan fingerprint density at radius 1 is 1.70 bits per heavy atom. The predicted molar refractivity (Wildman–Crippen MR) is 42.2 cm³/mol. The number of rotatable bonds is 1. The van der Waals surface area contributed by atoms with Crippen LogP contribution in [-0.4, -0.2) is 18.2 Å². The molecule has 1 aromatic heterocycles. The highest BCUT2D eigenvalue weighted by Gasteiger charge is 1.86. The van der Waals surface area contributed by atoms with Crippen LogP contribution < -0.4 is 5.73 Å². The van der Waals surface area contributed by atoms with Crippen LogP contribution in [0.1, 0.15) is 5.56 Å². The first kappa shape index (κ1) is 6.74. The molecule has 0 aliphatic rings. The van der Waals surface area contributed by atoms with Gasteiger partial charge in [0.1, 0.15) is 5.82 Å². The summed E-state index contributed by atoms with van der Waals surface area (Å²) in [6.07, 6.45) is 3.39. The molecule has 1 aromatic rings. The van der Waals surface area contributed by atoms with Crippen LogP contribution in [0.5, 0.6) is 0 Å². The molecule has 0 aliphatic heterocycles. The minimum Gasteiger partial charge on any atom is -0.384 e. The van der Waals surface area contributed by atoms with Gasteiger partial charge in [0.15, 0.2) is 0 Å². The molecule has 0 saturated carbocycles. The van der Waals surface area contributed by atoms with Crippen molar-refractivity contribution in [2.75, 3.05) is 12.8 Å². The Labute approximate surface area is 59.6 Å². The molecule has 0 fully saturated rings. The SMILES string of the molecule is C/N=C/c1ccnc(N)c1. The number of aromatic nitrogens is 1. The molecule has 0 saturated heterocycles.